The normalized spacial score (nSPS) is 10.1. The number of aromatic nitrogens is 1. The lowest BCUT2D eigenvalue weighted by Gasteiger charge is -2.13. The van der Waals surface area contributed by atoms with Crippen molar-refractivity contribution in [1.82, 2.24) is 4.98 Å². The number of anilines is 1. The number of nitriles is 1. The van der Waals surface area contributed by atoms with Gasteiger partial charge in [-0.1, -0.05) is 36.4 Å². The van der Waals surface area contributed by atoms with Crippen molar-refractivity contribution in [3.05, 3.63) is 87.6 Å². The molecule has 0 amide bonds. The zero-order chi connectivity index (χ0) is 20.6. The zero-order valence-electron chi connectivity index (χ0n) is 15.7. The predicted molar refractivity (Wildman–Crippen MR) is 107 cm³/mol. The lowest BCUT2D eigenvalue weighted by Crippen LogP contribution is -2.05. The van der Waals surface area contributed by atoms with E-state index in [1.165, 1.54) is 6.07 Å². The topological polar surface area (TPSA) is 110 Å². The Morgan fingerprint density at radius 3 is 2.62 bits per heavy atom. The molecule has 146 valence electrons. The van der Waals surface area contributed by atoms with Crippen molar-refractivity contribution < 1.29 is 14.4 Å². The fourth-order valence-corrected chi connectivity index (χ4v) is 2.64. The van der Waals surface area contributed by atoms with Crippen LogP contribution < -0.4 is 14.8 Å². The fraction of sp³-hybridized carbons (Fsp3) is 0.143. The van der Waals surface area contributed by atoms with Crippen molar-refractivity contribution in [2.24, 2.45) is 0 Å². The molecule has 1 N–H and O–H groups in total. The van der Waals surface area contributed by atoms with Crippen molar-refractivity contribution in [2.75, 3.05) is 12.4 Å². The molecule has 8 nitrogen and oxygen atoms in total. The van der Waals surface area contributed by atoms with Gasteiger partial charge in [0, 0.05) is 12.6 Å². The maximum atomic E-state index is 10.8. The van der Waals surface area contributed by atoms with E-state index in [4.69, 9.17) is 9.47 Å². The summed E-state index contributed by atoms with van der Waals surface area (Å²) in [6.45, 7) is 0.780. The van der Waals surface area contributed by atoms with Crippen molar-refractivity contribution in [1.29, 1.82) is 5.26 Å². The van der Waals surface area contributed by atoms with E-state index in [2.05, 4.69) is 10.3 Å². The number of pyridine rings is 1. The van der Waals surface area contributed by atoms with Gasteiger partial charge in [-0.05, 0) is 23.3 Å². The number of hydrogen-bond acceptors (Lipinski definition) is 7. The summed E-state index contributed by atoms with van der Waals surface area (Å²) in [6.07, 6.45) is 1.12. The molecule has 2 aromatic carbocycles. The molecule has 0 spiro atoms. The van der Waals surface area contributed by atoms with Gasteiger partial charge in [0.25, 0.3) is 5.69 Å². The second kappa shape index (κ2) is 9.19. The fourth-order valence-electron chi connectivity index (χ4n) is 2.64. The number of methoxy groups -OCH3 is 1. The van der Waals surface area contributed by atoms with Crippen LogP contribution in [0.15, 0.2) is 60.8 Å². The molecule has 0 aliphatic carbocycles. The first kappa shape index (κ1) is 19.6. The van der Waals surface area contributed by atoms with E-state index in [1.807, 2.05) is 54.6 Å². The zero-order valence-corrected chi connectivity index (χ0v) is 15.7. The van der Waals surface area contributed by atoms with Crippen LogP contribution in [0.25, 0.3) is 0 Å². The summed E-state index contributed by atoms with van der Waals surface area (Å²) >= 11 is 0. The van der Waals surface area contributed by atoms with Crippen LogP contribution in [0.4, 0.5) is 11.5 Å². The summed E-state index contributed by atoms with van der Waals surface area (Å²) < 4.78 is 11.3. The smallest absolute Gasteiger partial charge is 0.289 e. The minimum absolute atomic E-state index is 0.106. The minimum atomic E-state index is -0.587. The maximum absolute atomic E-state index is 10.8. The number of nitro groups is 1. The summed E-state index contributed by atoms with van der Waals surface area (Å²) in [5, 5.41) is 23.0. The van der Waals surface area contributed by atoms with Gasteiger partial charge in [-0.2, -0.15) is 5.26 Å². The summed E-state index contributed by atoms with van der Waals surface area (Å²) in [4.78, 5) is 14.2. The summed E-state index contributed by atoms with van der Waals surface area (Å²) in [5.41, 5.74) is 1.80. The molecule has 0 aliphatic rings. The minimum Gasteiger partial charge on any atom is -0.493 e. The number of nitrogens with one attached hydrogen (secondary N) is 1. The number of rotatable bonds is 8. The molecule has 0 unspecified atom stereocenters. The van der Waals surface area contributed by atoms with Gasteiger partial charge in [0.05, 0.1) is 12.0 Å². The van der Waals surface area contributed by atoms with Crippen molar-refractivity contribution in [3.63, 3.8) is 0 Å². The molecule has 0 saturated carbocycles. The molecular weight excluding hydrogens is 372 g/mol. The first-order valence-corrected chi connectivity index (χ1v) is 8.72. The molecule has 1 aromatic heterocycles. The van der Waals surface area contributed by atoms with Crippen LogP contribution in [0.1, 0.15) is 16.7 Å². The Morgan fingerprint density at radius 2 is 1.93 bits per heavy atom. The second-order valence-electron chi connectivity index (χ2n) is 6.07. The molecular formula is C21H18N4O4. The van der Waals surface area contributed by atoms with Crippen LogP contribution in [0.3, 0.4) is 0 Å². The molecule has 0 atom stereocenters. The van der Waals surface area contributed by atoms with Gasteiger partial charge in [-0.15, -0.1) is 0 Å². The van der Waals surface area contributed by atoms with Crippen LogP contribution >= 0.6 is 0 Å². The quantitative estimate of drug-likeness (QED) is 0.456. The highest BCUT2D eigenvalue weighted by Gasteiger charge is 2.12. The average Bonchev–Trinajstić information content (AvgIpc) is 2.76. The first-order chi connectivity index (χ1) is 14.1. The van der Waals surface area contributed by atoms with E-state index in [-0.39, 0.29) is 17.1 Å². The number of ether oxygens (including phenoxy) is 2. The summed E-state index contributed by atoms with van der Waals surface area (Å²) in [7, 11) is 1.56. The molecule has 0 bridgehead atoms. The lowest BCUT2D eigenvalue weighted by atomic mass is 10.2. The Hall–Kier alpha value is -4.12. The molecule has 1 heterocycles. The second-order valence-corrected chi connectivity index (χ2v) is 6.07. The monoisotopic (exact) mass is 390 g/mol. The van der Waals surface area contributed by atoms with E-state index in [0.717, 1.165) is 17.3 Å². The highest BCUT2D eigenvalue weighted by molar-refractivity contribution is 5.56. The number of nitrogens with zero attached hydrogens (tertiary/aromatic N) is 3. The van der Waals surface area contributed by atoms with Crippen molar-refractivity contribution in [2.45, 2.75) is 13.2 Å². The van der Waals surface area contributed by atoms with Crippen LogP contribution in [0.5, 0.6) is 11.5 Å². The van der Waals surface area contributed by atoms with Crippen LogP contribution in [-0.4, -0.2) is 17.0 Å². The standard InChI is InChI=1S/C21H18N4O4/c1-28-20-9-16(7-8-19(20)29-14-15-5-3-2-4-6-15)12-23-21-17(11-22)10-18(13-24-21)25(26)27/h2-10,13H,12,14H2,1H3,(H,23,24). The molecule has 8 heteroatoms. The molecule has 3 aromatic rings. The Kier molecular flexibility index (Phi) is 6.22. The molecule has 0 radical (unpaired) electrons. The third-order valence-electron chi connectivity index (χ3n) is 4.13. The van der Waals surface area contributed by atoms with Gasteiger partial charge in [0.1, 0.15) is 30.3 Å². The highest BCUT2D eigenvalue weighted by atomic mass is 16.6. The van der Waals surface area contributed by atoms with E-state index in [9.17, 15) is 15.4 Å². The van der Waals surface area contributed by atoms with Gasteiger partial charge in [-0.3, -0.25) is 10.1 Å². The van der Waals surface area contributed by atoms with E-state index >= 15 is 0 Å². The van der Waals surface area contributed by atoms with Crippen molar-refractivity contribution >= 4 is 11.5 Å². The molecule has 0 saturated heterocycles. The summed E-state index contributed by atoms with van der Waals surface area (Å²) in [6, 6.07) is 18.4. The first-order valence-electron chi connectivity index (χ1n) is 8.72. The van der Waals surface area contributed by atoms with Crippen LogP contribution in [-0.2, 0) is 13.2 Å². The van der Waals surface area contributed by atoms with E-state index in [0.29, 0.717) is 24.7 Å². The SMILES string of the molecule is COc1cc(CNc2ncc([N+](=O)[O-])cc2C#N)ccc1OCc1ccccc1. The average molecular weight is 390 g/mol. The summed E-state index contributed by atoms with van der Waals surface area (Å²) in [5.74, 6) is 1.48. The van der Waals surface area contributed by atoms with Crippen LogP contribution in [0, 0.1) is 21.4 Å². The van der Waals surface area contributed by atoms with Gasteiger partial charge in [-0.25, -0.2) is 4.98 Å². The molecule has 3 rings (SSSR count). The molecule has 0 aliphatic heterocycles. The Labute approximate surface area is 167 Å². The lowest BCUT2D eigenvalue weighted by molar-refractivity contribution is -0.385. The molecule has 0 fully saturated rings. The van der Waals surface area contributed by atoms with Gasteiger partial charge < -0.3 is 14.8 Å². The third kappa shape index (κ3) is 4.99. The van der Waals surface area contributed by atoms with Gasteiger partial charge in [0.2, 0.25) is 0 Å². The maximum Gasteiger partial charge on any atom is 0.289 e. The van der Waals surface area contributed by atoms with E-state index < -0.39 is 4.92 Å². The Balaban J connectivity index is 1.69. The molecule has 29 heavy (non-hydrogen) atoms. The largest absolute Gasteiger partial charge is 0.493 e. The van der Waals surface area contributed by atoms with Gasteiger partial charge >= 0.3 is 0 Å². The number of benzene rings is 2. The number of hydrogen-bond donors (Lipinski definition) is 1. The van der Waals surface area contributed by atoms with E-state index in [1.54, 1.807) is 7.11 Å². The highest BCUT2D eigenvalue weighted by Crippen LogP contribution is 2.29. The van der Waals surface area contributed by atoms with Crippen molar-refractivity contribution in [3.8, 4) is 17.6 Å². The predicted octanol–water partition coefficient (Wildman–Crippen LogP) is 4.06. The van der Waals surface area contributed by atoms with Gasteiger partial charge in [0.15, 0.2) is 11.5 Å². The Morgan fingerprint density at radius 1 is 1.14 bits per heavy atom. The van der Waals surface area contributed by atoms with Crippen LogP contribution in [0.2, 0.25) is 0 Å². The Bertz CT molecular complexity index is 1050. The third-order valence-corrected chi connectivity index (χ3v) is 4.13.